The molecule has 0 bridgehead atoms. The highest BCUT2D eigenvalue weighted by atomic mass is 35.5. The van der Waals surface area contributed by atoms with E-state index in [1.807, 2.05) is 60.7 Å². The van der Waals surface area contributed by atoms with E-state index in [9.17, 15) is 4.79 Å². The first-order chi connectivity index (χ1) is 18.0. The van der Waals surface area contributed by atoms with Gasteiger partial charge in [-0.1, -0.05) is 23.7 Å². The molecule has 190 valence electrons. The minimum absolute atomic E-state index is 0.159. The Morgan fingerprint density at radius 3 is 2.30 bits per heavy atom. The molecule has 0 fully saturated rings. The maximum absolute atomic E-state index is 13.6. The Kier molecular flexibility index (Phi) is 7.01. The number of ether oxygens (including phenoxy) is 3. The number of nitrogens with zero attached hydrogens (tertiary/aromatic N) is 3. The highest BCUT2D eigenvalue weighted by Crippen LogP contribution is 2.41. The van der Waals surface area contributed by atoms with Crippen LogP contribution in [0.2, 0.25) is 5.02 Å². The van der Waals surface area contributed by atoms with Crippen LogP contribution in [0.5, 0.6) is 17.4 Å². The van der Waals surface area contributed by atoms with E-state index in [1.54, 1.807) is 14.2 Å². The lowest BCUT2D eigenvalue weighted by Crippen LogP contribution is -2.33. The molecule has 8 nitrogen and oxygen atoms in total. The summed E-state index contributed by atoms with van der Waals surface area (Å²) in [6, 6.07) is 19.0. The molecule has 4 aromatic rings. The van der Waals surface area contributed by atoms with Gasteiger partial charge in [0.1, 0.15) is 0 Å². The van der Waals surface area contributed by atoms with Gasteiger partial charge in [-0.05, 0) is 60.9 Å². The third-order valence-electron chi connectivity index (χ3n) is 6.52. The molecule has 0 saturated heterocycles. The maximum atomic E-state index is 13.6. The number of benzene rings is 3. The molecule has 1 amide bonds. The molecule has 1 aromatic heterocycles. The highest BCUT2D eigenvalue weighted by molar-refractivity contribution is 6.30. The van der Waals surface area contributed by atoms with Gasteiger partial charge < -0.3 is 24.4 Å². The molecule has 1 N–H and O–H groups in total. The van der Waals surface area contributed by atoms with E-state index in [0.717, 1.165) is 16.9 Å². The van der Waals surface area contributed by atoms with Crippen molar-refractivity contribution in [3.63, 3.8) is 0 Å². The Labute approximate surface area is 220 Å². The number of nitrogens with one attached hydrogen (secondary N) is 1. The van der Waals surface area contributed by atoms with E-state index >= 15 is 0 Å². The third-order valence-corrected chi connectivity index (χ3v) is 6.78. The number of amides is 1. The number of carbonyl (C=O) groups is 1. The minimum atomic E-state index is -0.349. The molecule has 2 heterocycles. The minimum Gasteiger partial charge on any atom is -0.493 e. The summed E-state index contributed by atoms with van der Waals surface area (Å²) in [4.78, 5) is 24.8. The normalized spacial score (nSPS) is 15.0. The third kappa shape index (κ3) is 4.97. The van der Waals surface area contributed by atoms with Crippen molar-refractivity contribution >= 4 is 45.7 Å². The van der Waals surface area contributed by atoms with E-state index in [2.05, 4.69) is 20.2 Å². The van der Waals surface area contributed by atoms with Gasteiger partial charge in [-0.15, -0.1) is 0 Å². The molecule has 1 unspecified atom stereocenters. The Hall–Kier alpha value is -4.04. The Balaban J connectivity index is 1.50. The van der Waals surface area contributed by atoms with Crippen LogP contribution in [-0.2, 0) is 11.2 Å². The second-order valence-corrected chi connectivity index (χ2v) is 9.15. The number of para-hydroxylation sites is 2. The van der Waals surface area contributed by atoms with Crippen molar-refractivity contribution in [2.45, 2.75) is 12.8 Å². The van der Waals surface area contributed by atoms with Crippen LogP contribution in [0, 0.1) is 5.92 Å². The smallest absolute Gasteiger partial charge is 0.258 e. The van der Waals surface area contributed by atoms with E-state index in [-0.39, 0.29) is 17.7 Å². The van der Waals surface area contributed by atoms with Crippen molar-refractivity contribution in [3.05, 3.63) is 71.2 Å². The Morgan fingerprint density at radius 1 is 0.946 bits per heavy atom. The molecule has 0 saturated carbocycles. The zero-order valence-electron chi connectivity index (χ0n) is 20.8. The Bertz CT molecular complexity index is 1440. The molecule has 5 rings (SSSR count). The summed E-state index contributed by atoms with van der Waals surface area (Å²) in [6.07, 6.45) is 1.31. The molecular weight excluding hydrogens is 492 g/mol. The molecule has 0 radical (unpaired) electrons. The molecule has 9 heteroatoms. The molecule has 37 heavy (non-hydrogen) atoms. The van der Waals surface area contributed by atoms with E-state index < -0.39 is 0 Å². The summed E-state index contributed by atoms with van der Waals surface area (Å²) in [6.45, 7) is 0.444. The van der Waals surface area contributed by atoms with Gasteiger partial charge in [0.25, 0.3) is 5.88 Å². The molecule has 3 aromatic carbocycles. The van der Waals surface area contributed by atoms with Crippen molar-refractivity contribution in [3.8, 4) is 17.4 Å². The first kappa shape index (κ1) is 24.6. The van der Waals surface area contributed by atoms with Gasteiger partial charge in [-0.2, -0.15) is 0 Å². The zero-order chi connectivity index (χ0) is 25.9. The van der Waals surface area contributed by atoms with Gasteiger partial charge in [-0.3, -0.25) is 4.79 Å². The van der Waals surface area contributed by atoms with Crippen molar-refractivity contribution in [2.24, 2.45) is 5.92 Å². The van der Waals surface area contributed by atoms with Crippen LogP contribution in [0.4, 0.5) is 17.2 Å². The fourth-order valence-electron chi connectivity index (χ4n) is 4.61. The Morgan fingerprint density at radius 2 is 1.62 bits per heavy atom. The van der Waals surface area contributed by atoms with E-state index in [1.165, 1.54) is 7.11 Å². The summed E-state index contributed by atoms with van der Waals surface area (Å²) >= 11 is 6.17. The summed E-state index contributed by atoms with van der Waals surface area (Å²) in [5, 5.41) is 3.61. The molecule has 1 atom stereocenters. The van der Waals surface area contributed by atoms with Crippen LogP contribution >= 0.6 is 11.6 Å². The molecule has 1 aliphatic heterocycles. The predicted octanol–water partition coefficient (Wildman–Crippen LogP) is 5.65. The van der Waals surface area contributed by atoms with Crippen molar-refractivity contribution in [1.29, 1.82) is 0 Å². The number of aryl methyl sites for hydroxylation is 1. The van der Waals surface area contributed by atoms with Crippen LogP contribution in [0.1, 0.15) is 12.0 Å². The lowest BCUT2D eigenvalue weighted by Gasteiger charge is -2.28. The summed E-state index contributed by atoms with van der Waals surface area (Å²) in [7, 11) is 4.74. The van der Waals surface area contributed by atoms with Gasteiger partial charge in [0.2, 0.25) is 5.91 Å². The first-order valence-corrected chi connectivity index (χ1v) is 12.3. The van der Waals surface area contributed by atoms with Crippen molar-refractivity contribution in [1.82, 2.24) is 9.97 Å². The number of fused-ring (bicyclic) bond motifs is 2. The first-order valence-electron chi connectivity index (χ1n) is 11.9. The number of anilines is 3. The van der Waals surface area contributed by atoms with Gasteiger partial charge >= 0.3 is 0 Å². The maximum Gasteiger partial charge on any atom is 0.258 e. The van der Waals surface area contributed by atoms with Crippen LogP contribution in [0.25, 0.3) is 11.0 Å². The van der Waals surface area contributed by atoms with E-state index in [0.29, 0.717) is 52.8 Å². The number of hydrogen-bond acceptors (Lipinski definition) is 7. The van der Waals surface area contributed by atoms with Crippen LogP contribution in [0.15, 0.2) is 60.7 Å². The lowest BCUT2D eigenvalue weighted by atomic mass is 10.00. The number of aromatic nitrogens is 2. The fraction of sp³-hybridized carbons (Fsp3) is 0.250. The lowest BCUT2D eigenvalue weighted by molar-refractivity contribution is -0.119. The van der Waals surface area contributed by atoms with E-state index in [4.69, 9.17) is 25.8 Å². The average molecular weight is 519 g/mol. The quantitative estimate of drug-likeness (QED) is 0.353. The van der Waals surface area contributed by atoms with Crippen LogP contribution in [-0.4, -0.2) is 43.7 Å². The number of rotatable bonds is 6. The summed E-state index contributed by atoms with van der Waals surface area (Å²) in [5.41, 5.74) is 4.30. The molecular formula is C28H27ClN4O4. The van der Waals surface area contributed by atoms with Crippen molar-refractivity contribution < 1.29 is 19.0 Å². The number of carbonyl (C=O) groups excluding carboxylic acids is 1. The summed E-state index contributed by atoms with van der Waals surface area (Å²) in [5.74, 6) is 1.34. The zero-order valence-corrected chi connectivity index (χ0v) is 21.6. The van der Waals surface area contributed by atoms with Gasteiger partial charge in [0.05, 0.1) is 38.3 Å². The topological polar surface area (TPSA) is 85.8 Å². The second kappa shape index (κ2) is 10.5. The van der Waals surface area contributed by atoms with Gasteiger partial charge in [-0.25, -0.2) is 9.97 Å². The van der Waals surface area contributed by atoms with Crippen molar-refractivity contribution in [2.75, 3.05) is 38.1 Å². The SMILES string of the molecule is COc1cc2c(cc1OC)N(c1ccc(Cl)cc1)CC(C(=O)Nc1nc3ccccc3nc1OC)CC2. The summed E-state index contributed by atoms with van der Waals surface area (Å²) < 4.78 is 16.6. The highest BCUT2D eigenvalue weighted by Gasteiger charge is 2.30. The number of hydrogen-bond donors (Lipinski definition) is 1. The van der Waals surface area contributed by atoms with Crippen LogP contribution in [0.3, 0.4) is 0 Å². The van der Waals surface area contributed by atoms with Crippen LogP contribution < -0.4 is 24.4 Å². The number of halogens is 1. The average Bonchev–Trinajstić information content (AvgIpc) is 3.11. The predicted molar refractivity (Wildman–Crippen MR) is 145 cm³/mol. The fourth-order valence-corrected chi connectivity index (χ4v) is 4.73. The van der Waals surface area contributed by atoms with Gasteiger partial charge in [0, 0.05) is 29.0 Å². The molecule has 0 spiro atoms. The standard InChI is InChI=1S/C28H27ClN4O4/c1-35-24-14-17-8-9-18(16-33(23(17)15-25(24)36-2)20-12-10-19(29)11-13-20)27(34)32-26-28(37-3)31-22-7-5-4-6-21(22)30-26/h4-7,10-15,18H,8-9,16H2,1-3H3,(H,30,32,34). The molecule has 1 aliphatic rings. The largest absolute Gasteiger partial charge is 0.493 e. The van der Waals surface area contributed by atoms with Gasteiger partial charge in [0.15, 0.2) is 17.3 Å². The molecule has 0 aliphatic carbocycles. The number of methoxy groups -OCH3 is 3. The monoisotopic (exact) mass is 518 g/mol. The second-order valence-electron chi connectivity index (χ2n) is 8.72.